The van der Waals surface area contributed by atoms with Gasteiger partial charge in [0.25, 0.3) is 0 Å². The second-order valence-corrected chi connectivity index (χ2v) is 8.77. The van der Waals surface area contributed by atoms with E-state index in [1.54, 1.807) is 7.05 Å². The van der Waals surface area contributed by atoms with Gasteiger partial charge in [-0.3, -0.25) is 9.79 Å². The lowest BCUT2D eigenvalue weighted by atomic mass is 9.85. The van der Waals surface area contributed by atoms with Crippen molar-refractivity contribution in [1.82, 2.24) is 16.0 Å². The Bertz CT molecular complexity index is 415. The second-order valence-electron chi connectivity index (χ2n) is 7.26. The van der Waals surface area contributed by atoms with Crippen LogP contribution in [0.25, 0.3) is 0 Å². The van der Waals surface area contributed by atoms with E-state index in [2.05, 4.69) is 41.0 Å². The zero-order valence-electron chi connectivity index (χ0n) is 15.9. The minimum Gasteiger partial charge on any atom is -0.355 e. The molecule has 1 fully saturated rings. The van der Waals surface area contributed by atoms with Crippen molar-refractivity contribution >= 4 is 47.6 Å². The van der Waals surface area contributed by atoms with Gasteiger partial charge in [0.05, 0.1) is 0 Å². The van der Waals surface area contributed by atoms with Gasteiger partial charge in [-0.25, -0.2) is 0 Å². The number of guanidine groups is 1. The summed E-state index contributed by atoms with van der Waals surface area (Å²) in [6, 6.07) is 0.522. The molecule has 7 heteroatoms. The van der Waals surface area contributed by atoms with Gasteiger partial charge in [0.2, 0.25) is 5.91 Å². The number of amides is 1. The predicted octanol–water partition coefficient (Wildman–Crippen LogP) is 2.99. The number of hydrogen-bond donors (Lipinski definition) is 3. The van der Waals surface area contributed by atoms with Crippen molar-refractivity contribution in [3.05, 3.63) is 0 Å². The molecule has 1 saturated carbocycles. The van der Waals surface area contributed by atoms with Crippen LogP contribution in [-0.4, -0.2) is 48.5 Å². The van der Waals surface area contributed by atoms with Gasteiger partial charge in [-0.1, -0.05) is 6.42 Å². The molecular formula is C17H35IN4OS. The van der Waals surface area contributed by atoms with Crippen molar-refractivity contribution in [1.29, 1.82) is 0 Å². The number of hydrogen-bond acceptors (Lipinski definition) is 3. The second kappa shape index (κ2) is 11.4. The summed E-state index contributed by atoms with van der Waals surface area (Å²) in [5, 5.41) is 9.93. The maximum Gasteiger partial charge on any atom is 0.223 e. The van der Waals surface area contributed by atoms with Crippen LogP contribution in [0, 0.1) is 5.92 Å². The van der Waals surface area contributed by atoms with E-state index in [9.17, 15) is 4.79 Å². The molecule has 0 saturated heterocycles. The molecule has 2 atom stereocenters. The summed E-state index contributed by atoms with van der Waals surface area (Å²) in [6.45, 7) is 9.30. The Morgan fingerprint density at radius 3 is 2.54 bits per heavy atom. The Balaban J connectivity index is 0.00000529. The van der Waals surface area contributed by atoms with Crippen molar-refractivity contribution in [2.45, 2.75) is 70.2 Å². The normalized spacial score (nSPS) is 21.9. The molecule has 1 aliphatic rings. The molecule has 5 nitrogen and oxygen atoms in total. The highest BCUT2D eigenvalue weighted by Gasteiger charge is 2.28. The maximum absolute atomic E-state index is 12.2. The molecular weight excluding hydrogens is 435 g/mol. The predicted molar refractivity (Wildman–Crippen MR) is 117 cm³/mol. The van der Waals surface area contributed by atoms with E-state index >= 15 is 0 Å². The van der Waals surface area contributed by atoms with Crippen LogP contribution < -0.4 is 16.0 Å². The summed E-state index contributed by atoms with van der Waals surface area (Å²) in [4.78, 5) is 16.5. The lowest BCUT2D eigenvalue weighted by molar-refractivity contribution is -0.126. The maximum atomic E-state index is 12.2. The van der Waals surface area contributed by atoms with Crippen molar-refractivity contribution in [2.24, 2.45) is 10.9 Å². The SMILES string of the molecule is CN=C(NCC(C)(C)SC)NC1CCCC(C(=O)NC(C)C)C1.I. The van der Waals surface area contributed by atoms with Crippen LogP contribution >= 0.6 is 35.7 Å². The molecule has 0 aromatic carbocycles. The molecule has 3 N–H and O–H groups in total. The highest BCUT2D eigenvalue weighted by molar-refractivity contribution is 14.0. The van der Waals surface area contributed by atoms with Gasteiger partial charge in [-0.2, -0.15) is 11.8 Å². The molecule has 0 spiro atoms. The van der Waals surface area contributed by atoms with E-state index in [4.69, 9.17) is 0 Å². The van der Waals surface area contributed by atoms with E-state index in [0.29, 0.717) is 6.04 Å². The zero-order chi connectivity index (χ0) is 17.5. The first-order chi connectivity index (χ1) is 10.8. The first-order valence-electron chi connectivity index (χ1n) is 8.60. The van der Waals surface area contributed by atoms with E-state index < -0.39 is 0 Å². The molecule has 0 bridgehead atoms. The number of nitrogens with zero attached hydrogens (tertiary/aromatic N) is 1. The standard InChI is InChI=1S/C17H34N4OS.HI/c1-12(2)20-15(22)13-8-7-9-14(10-13)21-16(18-5)19-11-17(3,4)23-6;/h12-14H,7-11H2,1-6H3,(H,20,22)(H2,18,19,21);1H. The van der Waals surface area contributed by atoms with Crippen molar-refractivity contribution in [3.8, 4) is 0 Å². The van der Waals surface area contributed by atoms with Gasteiger partial charge in [0, 0.05) is 36.3 Å². The monoisotopic (exact) mass is 470 g/mol. The number of halogens is 1. The molecule has 1 amide bonds. The molecule has 24 heavy (non-hydrogen) atoms. The van der Waals surface area contributed by atoms with Crippen LogP contribution in [0.1, 0.15) is 53.4 Å². The van der Waals surface area contributed by atoms with E-state index in [-0.39, 0.29) is 46.6 Å². The summed E-state index contributed by atoms with van der Waals surface area (Å²) in [6.07, 6.45) is 6.17. The summed E-state index contributed by atoms with van der Waals surface area (Å²) >= 11 is 1.84. The number of rotatable bonds is 6. The van der Waals surface area contributed by atoms with Gasteiger partial charge in [-0.05, 0) is 53.2 Å². The fourth-order valence-corrected chi connectivity index (χ4v) is 2.93. The molecule has 142 valence electrons. The average molecular weight is 470 g/mol. The van der Waals surface area contributed by atoms with Crippen LogP contribution in [0.5, 0.6) is 0 Å². The highest BCUT2D eigenvalue weighted by atomic mass is 127. The highest BCUT2D eigenvalue weighted by Crippen LogP contribution is 2.25. The quantitative estimate of drug-likeness (QED) is 0.317. The van der Waals surface area contributed by atoms with Crippen molar-refractivity contribution in [2.75, 3.05) is 19.8 Å². The summed E-state index contributed by atoms with van der Waals surface area (Å²) in [7, 11) is 1.80. The van der Waals surface area contributed by atoms with Gasteiger partial charge in [0.15, 0.2) is 5.96 Å². The van der Waals surface area contributed by atoms with Crippen LogP contribution in [0.15, 0.2) is 4.99 Å². The first kappa shape index (κ1) is 23.8. The van der Waals surface area contributed by atoms with Crippen LogP contribution in [0.4, 0.5) is 0 Å². The summed E-state index contributed by atoms with van der Waals surface area (Å²) in [5.41, 5.74) is 0. The molecule has 2 unspecified atom stereocenters. The van der Waals surface area contributed by atoms with Crippen molar-refractivity contribution in [3.63, 3.8) is 0 Å². The lowest BCUT2D eigenvalue weighted by Gasteiger charge is -2.31. The first-order valence-corrected chi connectivity index (χ1v) is 9.82. The van der Waals surface area contributed by atoms with E-state index in [1.807, 2.05) is 25.6 Å². The van der Waals surface area contributed by atoms with Crippen LogP contribution in [0.3, 0.4) is 0 Å². The molecule has 0 aliphatic heterocycles. The average Bonchev–Trinajstić information content (AvgIpc) is 2.51. The Morgan fingerprint density at radius 2 is 2.00 bits per heavy atom. The minimum absolute atomic E-state index is 0. The molecule has 1 rings (SSSR count). The number of aliphatic imine (C=N–C) groups is 1. The molecule has 0 aromatic heterocycles. The Kier molecular flexibility index (Phi) is 11.4. The fourth-order valence-electron chi connectivity index (χ4n) is 2.72. The largest absolute Gasteiger partial charge is 0.355 e. The molecule has 0 aromatic rings. The third kappa shape index (κ3) is 8.78. The van der Waals surface area contributed by atoms with Gasteiger partial charge >= 0.3 is 0 Å². The van der Waals surface area contributed by atoms with Gasteiger partial charge in [-0.15, -0.1) is 24.0 Å². The minimum atomic E-state index is 0. The van der Waals surface area contributed by atoms with E-state index in [1.165, 1.54) is 0 Å². The van der Waals surface area contributed by atoms with Crippen LogP contribution in [-0.2, 0) is 4.79 Å². The fraction of sp³-hybridized carbons (Fsp3) is 0.882. The lowest BCUT2D eigenvalue weighted by Crippen LogP contribution is -2.49. The Hall–Kier alpha value is -0.180. The number of nitrogens with one attached hydrogen (secondary N) is 3. The topological polar surface area (TPSA) is 65.5 Å². The number of carbonyl (C=O) groups is 1. The van der Waals surface area contributed by atoms with Crippen molar-refractivity contribution < 1.29 is 4.79 Å². The Labute approximate surface area is 169 Å². The third-order valence-electron chi connectivity index (χ3n) is 4.27. The molecule has 0 heterocycles. The number of thioether (sulfide) groups is 1. The van der Waals surface area contributed by atoms with Gasteiger partial charge < -0.3 is 16.0 Å². The molecule has 1 aliphatic carbocycles. The third-order valence-corrected chi connectivity index (χ3v) is 5.52. The van der Waals surface area contributed by atoms with E-state index in [0.717, 1.165) is 38.2 Å². The van der Waals surface area contributed by atoms with Gasteiger partial charge in [0.1, 0.15) is 0 Å². The summed E-state index contributed by atoms with van der Waals surface area (Å²) in [5.74, 6) is 1.14. The number of carbonyl (C=O) groups excluding carboxylic acids is 1. The zero-order valence-corrected chi connectivity index (χ0v) is 19.1. The molecule has 0 radical (unpaired) electrons. The smallest absolute Gasteiger partial charge is 0.223 e. The summed E-state index contributed by atoms with van der Waals surface area (Å²) < 4.78 is 0.171. The Morgan fingerprint density at radius 1 is 1.33 bits per heavy atom. The van der Waals surface area contributed by atoms with Crippen LogP contribution in [0.2, 0.25) is 0 Å².